The van der Waals surface area contributed by atoms with E-state index < -0.39 is 10.0 Å². The number of sulfonamides is 1. The van der Waals surface area contributed by atoms with Gasteiger partial charge in [0.2, 0.25) is 16.0 Å². The minimum atomic E-state index is -3.48. The van der Waals surface area contributed by atoms with Crippen molar-refractivity contribution in [3.63, 3.8) is 0 Å². The molecule has 0 bridgehead atoms. The molecule has 1 aromatic heterocycles. The summed E-state index contributed by atoms with van der Waals surface area (Å²) in [5.74, 6) is 0.0290. The minimum Gasteiger partial charge on any atom is -0.324 e. The summed E-state index contributed by atoms with van der Waals surface area (Å²) in [6.07, 6.45) is 2.96. The van der Waals surface area contributed by atoms with E-state index in [1.54, 1.807) is 25.1 Å². The molecular weight excluding hydrogens is 352 g/mol. The molecule has 0 aliphatic rings. The molecule has 3 aromatic rings. The van der Waals surface area contributed by atoms with E-state index in [1.807, 2.05) is 24.3 Å². The number of aromatic nitrogens is 2. The zero-order valence-corrected chi connectivity index (χ0v) is 14.9. The quantitative estimate of drug-likeness (QED) is 0.580. The maximum atomic E-state index is 12.0. The number of carbonyl (C=O) groups is 1. The van der Waals surface area contributed by atoms with Gasteiger partial charge in [-0.05, 0) is 35.9 Å². The van der Waals surface area contributed by atoms with Crippen molar-refractivity contribution in [2.24, 2.45) is 0 Å². The highest BCUT2D eigenvalue weighted by Gasteiger charge is 2.11. The third kappa shape index (κ3) is 4.16. The van der Waals surface area contributed by atoms with E-state index in [2.05, 4.69) is 20.0 Å². The molecule has 0 spiro atoms. The van der Waals surface area contributed by atoms with E-state index in [1.165, 1.54) is 18.2 Å². The molecule has 7 nitrogen and oxygen atoms in total. The lowest BCUT2D eigenvalue weighted by molar-refractivity contribution is -0.111. The number of rotatable bonds is 6. The van der Waals surface area contributed by atoms with Gasteiger partial charge in [0.25, 0.3) is 5.91 Å². The number of carbonyl (C=O) groups excluding carboxylic acids is 1. The summed E-state index contributed by atoms with van der Waals surface area (Å²) < 4.78 is 26.2. The molecule has 26 heavy (non-hydrogen) atoms. The summed E-state index contributed by atoms with van der Waals surface area (Å²) in [5.41, 5.74) is 2.31. The van der Waals surface area contributed by atoms with Crippen LogP contribution in [0.2, 0.25) is 0 Å². The summed E-state index contributed by atoms with van der Waals surface area (Å²) in [4.78, 5) is 19.5. The van der Waals surface area contributed by atoms with E-state index in [-0.39, 0.29) is 10.8 Å². The second-order valence-electron chi connectivity index (χ2n) is 5.50. The van der Waals surface area contributed by atoms with Crippen molar-refractivity contribution in [1.29, 1.82) is 0 Å². The molecule has 2 aromatic carbocycles. The van der Waals surface area contributed by atoms with Crippen molar-refractivity contribution in [3.8, 4) is 0 Å². The molecule has 1 heterocycles. The molecule has 0 saturated heterocycles. The first-order valence-electron chi connectivity index (χ1n) is 8.01. The minimum absolute atomic E-state index is 0.184. The molecule has 0 aliphatic heterocycles. The van der Waals surface area contributed by atoms with Crippen molar-refractivity contribution in [2.75, 3.05) is 11.9 Å². The lowest BCUT2D eigenvalue weighted by atomic mass is 10.2. The van der Waals surface area contributed by atoms with Crippen LogP contribution in [0.3, 0.4) is 0 Å². The molecule has 0 saturated carbocycles. The second-order valence-corrected chi connectivity index (χ2v) is 7.26. The van der Waals surface area contributed by atoms with E-state index in [0.717, 1.165) is 11.0 Å². The molecule has 3 N–H and O–H groups in total. The van der Waals surface area contributed by atoms with Gasteiger partial charge in [-0.1, -0.05) is 31.2 Å². The van der Waals surface area contributed by atoms with Gasteiger partial charge in [-0.25, -0.2) is 18.1 Å². The standard InChI is InChI=1S/C18H18N4O3S/c1-2-19-26(24,25)14-10-7-13(8-11-14)9-12-17(23)22-18-20-15-5-3-4-6-16(15)21-18/h3-12,19H,2H2,1H3,(H2,20,21,22,23)/b12-9+. The Balaban J connectivity index is 1.66. The van der Waals surface area contributed by atoms with Gasteiger partial charge in [0.05, 0.1) is 15.9 Å². The Bertz CT molecular complexity index is 1020. The van der Waals surface area contributed by atoms with Crippen molar-refractivity contribution < 1.29 is 13.2 Å². The highest BCUT2D eigenvalue weighted by molar-refractivity contribution is 7.89. The molecule has 0 radical (unpaired) electrons. The first-order chi connectivity index (χ1) is 12.5. The van der Waals surface area contributed by atoms with E-state index in [4.69, 9.17) is 0 Å². The van der Waals surface area contributed by atoms with Gasteiger partial charge in [-0.15, -0.1) is 0 Å². The zero-order valence-electron chi connectivity index (χ0n) is 14.1. The maximum absolute atomic E-state index is 12.0. The van der Waals surface area contributed by atoms with Crippen LogP contribution in [0.1, 0.15) is 12.5 Å². The van der Waals surface area contributed by atoms with Gasteiger partial charge in [-0.2, -0.15) is 0 Å². The number of imidazole rings is 1. The Hall–Kier alpha value is -2.97. The number of nitrogens with zero attached hydrogens (tertiary/aromatic N) is 1. The van der Waals surface area contributed by atoms with Crippen molar-refractivity contribution in [2.45, 2.75) is 11.8 Å². The summed E-state index contributed by atoms with van der Waals surface area (Å²) in [7, 11) is -3.48. The van der Waals surface area contributed by atoms with Gasteiger partial charge in [0.15, 0.2) is 0 Å². The zero-order chi connectivity index (χ0) is 18.6. The van der Waals surface area contributed by atoms with Gasteiger partial charge >= 0.3 is 0 Å². The van der Waals surface area contributed by atoms with Gasteiger partial charge in [0, 0.05) is 12.6 Å². The second kappa shape index (κ2) is 7.51. The predicted molar refractivity (Wildman–Crippen MR) is 101 cm³/mol. The molecule has 8 heteroatoms. The topological polar surface area (TPSA) is 104 Å². The highest BCUT2D eigenvalue weighted by Crippen LogP contribution is 2.14. The third-order valence-electron chi connectivity index (χ3n) is 3.58. The Labute approximate surface area is 151 Å². The molecular formula is C18H18N4O3S. The third-order valence-corrected chi connectivity index (χ3v) is 5.14. The summed E-state index contributed by atoms with van der Waals surface area (Å²) in [5, 5.41) is 2.66. The van der Waals surface area contributed by atoms with Crippen LogP contribution < -0.4 is 10.0 Å². The molecule has 1 amide bonds. The van der Waals surface area contributed by atoms with Crippen LogP contribution in [-0.2, 0) is 14.8 Å². The van der Waals surface area contributed by atoms with Crippen LogP contribution in [-0.4, -0.2) is 30.8 Å². The van der Waals surface area contributed by atoms with E-state index >= 15 is 0 Å². The van der Waals surface area contributed by atoms with Gasteiger partial charge in [-0.3, -0.25) is 10.1 Å². The summed E-state index contributed by atoms with van der Waals surface area (Å²) in [6.45, 7) is 2.04. The number of amides is 1. The first kappa shape index (κ1) is 17.8. The average Bonchev–Trinajstić information content (AvgIpc) is 3.02. The van der Waals surface area contributed by atoms with E-state index in [9.17, 15) is 13.2 Å². The lowest BCUT2D eigenvalue weighted by Gasteiger charge is -2.04. The average molecular weight is 370 g/mol. The smallest absolute Gasteiger partial charge is 0.250 e. The predicted octanol–water partition coefficient (Wildman–Crippen LogP) is 2.51. The fraction of sp³-hybridized carbons (Fsp3) is 0.111. The first-order valence-corrected chi connectivity index (χ1v) is 9.50. The Morgan fingerprint density at radius 3 is 2.58 bits per heavy atom. The molecule has 0 atom stereocenters. The van der Waals surface area contributed by atoms with E-state index in [0.29, 0.717) is 18.1 Å². The van der Waals surface area contributed by atoms with Gasteiger partial charge in [0.1, 0.15) is 0 Å². The Kier molecular flexibility index (Phi) is 5.15. The van der Waals surface area contributed by atoms with Crippen LogP contribution in [0.25, 0.3) is 17.1 Å². The Morgan fingerprint density at radius 1 is 1.15 bits per heavy atom. The Morgan fingerprint density at radius 2 is 1.88 bits per heavy atom. The van der Waals surface area contributed by atoms with Gasteiger partial charge < -0.3 is 4.98 Å². The largest absolute Gasteiger partial charge is 0.324 e. The number of hydrogen-bond acceptors (Lipinski definition) is 4. The van der Waals surface area contributed by atoms with Crippen LogP contribution >= 0.6 is 0 Å². The molecule has 3 rings (SSSR count). The lowest BCUT2D eigenvalue weighted by Crippen LogP contribution is -2.22. The number of nitrogens with one attached hydrogen (secondary N) is 3. The van der Waals surface area contributed by atoms with Crippen LogP contribution in [0.5, 0.6) is 0 Å². The molecule has 0 fully saturated rings. The fourth-order valence-corrected chi connectivity index (χ4v) is 3.41. The van der Waals surface area contributed by atoms with Crippen molar-refractivity contribution >= 4 is 39.0 Å². The number of para-hydroxylation sites is 2. The number of H-pyrrole nitrogens is 1. The monoisotopic (exact) mass is 370 g/mol. The normalized spacial score (nSPS) is 11.9. The maximum Gasteiger partial charge on any atom is 0.250 e. The fourth-order valence-electron chi connectivity index (χ4n) is 2.37. The number of aromatic amines is 1. The van der Waals surface area contributed by atoms with Crippen LogP contribution in [0.15, 0.2) is 59.5 Å². The number of hydrogen-bond donors (Lipinski definition) is 3. The SMILES string of the molecule is CCNS(=O)(=O)c1ccc(/C=C/C(=O)Nc2nc3ccccc3[nH]2)cc1. The molecule has 134 valence electrons. The summed E-state index contributed by atoms with van der Waals surface area (Å²) >= 11 is 0. The number of fused-ring (bicyclic) bond motifs is 1. The number of benzene rings is 2. The molecule has 0 aliphatic carbocycles. The molecule has 0 unspecified atom stereocenters. The van der Waals surface area contributed by atoms with Crippen molar-refractivity contribution in [3.05, 3.63) is 60.2 Å². The highest BCUT2D eigenvalue weighted by atomic mass is 32.2. The summed E-state index contributed by atoms with van der Waals surface area (Å²) in [6, 6.07) is 13.7. The number of anilines is 1. The van der Waals surface area contributed by atoms with Crippen molar-refractivity contribution in [1.82, 2.24) is 14.7 Å². The van der Waals surface area contributed by atoms with Crippen LogP contribution in [0, 0.1) is 0 Å². The van der Waals surface area contributed by atoms with Crippen LogP contribution in [0.4, 0.5) is 5.95 Å².